The number of aryl methyl sites for hydroxylation is 1. The van der Waals surface area contributed by atoms with E-state index < -0.39 is 0 Å². The number of hydrogen-bond donors (Lipinski definition) is 1. The molecule has 0 saturated carbocycles. The monoisotopic (exact) mass is 208 g/mol. The zero-order chi connectivity index (χ0) is 10.3. The summed E-state index contributed by atoms with van der Waals surface area (Å²) >= 11 is 0. The first-order valence-corrected chi connectivity index (χ1v) is 5.61. The van der Waals surface area contributed by atoms with Gasteiger partial charge in [0.2, 0.25) is 0 Å². The Morgan fingerprint density at radius 1 is 1.47 bits per heavy atom. The van der Waals surface area contributed by atoms with Crippen LogP contribution in [0.3, 0.4) is 0 Å². The van der Waals surface area contributed by atoms with Gasteiger partial charge in [-0.15, -0.1) is 0 Å². The third kappa shape index (κ3) is 1.61. The topological polar surface area (TPSA) is 54.2 Å². The first kappa shape index (κ1) is 9.15. The Labute approximate surface area is 88.8 Å². The van der Waals surface area contributed by atoms with E-state index in [1.165, 1.54) is 12.8 Å². The van der Waals surface area contributed by atoms with Crippen molar-refractivity contribution < 1.29 is 4.52 Å². The van der Waals surface area contributed by atoms with Gasteiger partial charge in [0, 0.05) is 19.1 Å². The molecule has 82 valence electrons. The smallest absolute Gasteiger partial charge is 0.323 e. The molecular weight excluding hydrogens is 192 g/mol. The second kappa shape index (κ2) is 3.48. The standard InChI is InChI=1S/C10H16N4O/c1-7-12-10(15-13-7)14-5-8-3-2-4-11-9(8)6-14/h8-9,11H,2-6H2,1H3/t8-,9+/m0/s1. The second-order valence-corrected chi connectivity index (χ2v) is 4.49. The molecule has 0 amide bonds. The van der Waals surface area contributed by atoms with Gasteiger partial charge >= 0.3 is 6.01 Å². The molecule has 0 aliphatic carbocycles. The number of fused-ring (bicyclic) bond motifs is 1. The van der Waals surface area contributed by atoms with E-state index in [0.29, 0.717) is 17.9 Å². The van der Waals surface area contributed by atoms with Crippen molar-refractivity contribution in [1.82, 2.24) is 15.5 Å². The molecule has 0 unspecified atom stereocenters. The normalized spacial score (nSPS) is 30.6. The molecule has 1 aromatic heterocycles. The van der Waals surface area contributed by atoms with E-state index >= 15 is 0 Å². The fourth-order valence-electron chi connectivity index (χ4n) is 2.62. The van der Waals surface area contributed by atoms with Gasteiger partial charge in [-0.2, -0.15) is 4.98 Å². The van der Waals surface area contributed by atoms with Gasteiger partial charge in [-0.1, -0.05) is 5.16 Å². The van der Waals surface area contributed by atoms with Crippen molar-refractivity contribution >= 4 is 6.01 Å². The molecule has 15 heavy (non-hydrogen) atoms. The fourth-order valence-corrected chi connectivity index (χ4v) is 2.62. The Bertz CT molecular complexity index is 337. The van der Waals surface area contributed by atoms with Crippen molar-refractivity contribution in [2.45, 2.75) is 25.8 Å². The SMILES string of the molecule is Cc1noc(N2C[C@@H]3CCCN[C@@H]3C2)n1. The van der Waals surface area contributed by atoms with Crippen LogP contribution in [-0.4, -0.2) is 35.8 Å². The zero-order valence-corrected chi connectivity index (χ0v) is 8.94. The molecule has 2 aliphatic rings. The molecule has 0 aromatic carbocycles. The molecule has 2 saturated heterocycles. The Hall–Kier alpha value is -1.10. The minimum atomic E-state index is 0.617. The quantitative estimate of drug-likeness (QED) is 0.731. The highest BCUT2D eigenvalue weighted by atomic mass is 16.5. The minimum Gasteiger partial charge on any atom is -0.323 e. The Morgan fingerprint density at radius 3 is 3.13 bits per heavy atom. The molecular formula is C10H16N4O. The second-order valence-electron chi connectivity index (χ2n) is 4.49. The van der Waals surface area contributed by atoms with Gasteiger partial charge in [0.25, 0.3) is 0 Å². The summed E-state index contributed by atoms with van der Waals surface area (Å²) in [7, 11) is 0. The van der Waals surface area contributed by atoms with Crippen molar-refractivity contribution in [3.63, 3.8) is 0 Å². The molecule has 0 spiro atoms. The summed E-state index contributed by atoms with van der Waals surface area (Å²) in [6.07, 6.45) is 2.61. The molecule has 5 nitrogen and oxygen atoms in total. The maximum atomic E-state index is 5.19. The molecule has 2 atom stereocenters. The van der Waals surface area contributed by atoms with Gasteiger partial charge in [-0.25, -0.2) is 0 Å². The molecule has 3 rings (SSSR count). The Kier molecular flexibility index (Phi) is 2.12. The van der Waals surface area contributed by atoms with Crippen molar-refractivity contribution in [2.75, 3.05) is 24.5 Å². The fraction of sp³-hybridized carbons (Fsp3) is 0.800. The number of hydrogen-bond acceptors (Lipinski definition) is 5. The van der Waals surface area contributed by atoms with Gasteiger partial charge < -0.3 is 14.7 Å². The molecule has 0 radical (unpaired) electrons. The highest BCUT2D eigenvalue weighted by Crippen LogP contribution is 2.27. The van der Waals surface area contributed by atoms with Gasteiger partial charge in [0.1, 0.15) is 0 Å². The van der Waals surface area contributed by atoms with Crippen LogP contribution in [0, 0.1) is 12.8 Å². The van der Waals surface area contributed by atoms with E-state index in [1.54, 1.807) is 0 Å². The molecule has 3 heterocycles. The summed E-state index contributed by atoms with van der Waals surface area (Å²) in [5.74, 6) is 1.47. The van der Waals surface area contributed by atoms with Gasteiger partial charge in [0.05, 0.1) is 0 Å². The van der Waals surface area contributed by atoms with Crippen LogP contribution < -0.4 is 10.2 Å². The lowest BCUT2D eigenvalue weighted by molar-refractivity contribution is 0.339. The average molecular weight is 208 g/mol. The summed E-state index contributed by atoms with van der Waals surface area (Å²) in [6.45, 7) is 5.07. The average Bonchev–Trinajstić information content (AvgIpc) is 2.82. The van der Waals surface area contributed by atoms with Gasteiger partial charge in [-0.3, -0.25) is 0 Å². The van der Waals surface area contributed by atoms with Crippen LogP contribution in [0.15, 0.2) is 4.52 Å². The van der Waals surface area contributed by atoms with Crippen LogP contribution >= 0.6 is 0 Å². The van der Waals surface area contributed by atoms with Crippen molar-refractivity contribution in [3.8, 4) is 0 Å². The summed E-state index contributed by atoms with van der Waals surface area (Å²) in [4.78, 5) is 6.47. The minimum absolute atomic E-state index is 0.617. The molecule has 2 aliphatic heterocycles. The zero-order valence-electron chi connectivity index (χ0n) is 8.94. The first-order valence-electron chi connectivity index (χ1n) is 5.61. The van der Waals surface area contributed by atoms with Crippen molar-refractivity contribution in [2.24, 2.45) is 5.92 Å². The van der Waals surface area contributed by atoms with Crippen LogP contribution in [0.5, 0.6) is 0 Å². The number of nitrogens with one attached hydrogen (secondary N) is 1. The first-order chi connectivity index (χ1) is 7.33. The predicted octanol–water partition coefficient (Wildman–Crippen LogP) is 0.566. The third-order valence-electron chi connectivity index (χ3n) is 3.39. The highest BCUT2D eigenvalue weighted by Gasteiger charge is 2.36. The number of aromatic nitrogens is 2. The van der Waals surface area contributed by atoms with E-state index in [1.807, 2.05) is 6.92 Å². The molecule has 1 N–H and O–H groups in total. The molecule has 5 heteroatoms. The Morgan fingerprint density at radius 2 is 2.40 bits per heavy atom. The van der Waals surface area contributed by atoms with E-state index in [2.05, 4.69) is 20.4 Å². The van der Waals surface area contributed by atoms with Crippen LogP contribution in [0.4, 0.5) is 6.01 Å². The van der Waals surface area contributed by atoms with E-state index in [9.17, 15) is 0 Å². The van der Waals surface area contributed by atoms with Crippen LogP contribution in [0.2, 0.25) is 0 Å². The van der Waals surface area contributed by atoms with E-state index in [-0.39, 0.29) is 0 Å². The van der Waals surface area contributed by atoms with Gasteiger partial charge in [0.15, 0.2) is 5.82 Å². The maximum Gasteiger partial charge on any atom is 0.324 e. The van der Waals surface area contributed by atoms with Gasteiger partial charge in [-0.05, 0) is 32.2 Å². The van der Waals surface area contributed by atoms with Crippen LogP contribution in [-0.2, 0) is 0 Å². The van der Waals surface area contributed by atoms with Crippen LogP contribution in [0.1, 0.15) is 18.7 Å². The number of piperidine rings is 1. The number of anilines is 1. The summed E-state index contributed by atoms with van der Waals surface area (Å²) in [5, 5.41) is 7.39. The predicted molar refractivity (Wildman–Crippen MR) is 55.8 cm³/mol. The number of nitrogens with zero attached hydrogens (tertiary/aromatic N) is 3. The van der Waals surface area contributed by atoms with Crippen molar-refractivity contribution in [3.05, 3.63) is 5.82 Å². The summed E-state index contributed by atoms with van der Waals surface area (Å²) < 4.78 is 5.19. The molecule has 0 bridgehead atoms. The lowest BCUT2D eigenvalue weighted by Gasteiger charge is -2.24. The lowest BCUT2D eigenvalue weighted by Crippen LogP contribution is -2.40. The highest BCUT2D eigenvalue weighted by molar-refractivity contribution is 5.29. The summed E-state index contributed by atoms with van der Waals surface area (Å²) in [6, 6.07) is 1.30. The largest absolute Gasteiger partial charge is 0.324 e. The Balaban J connectivity index is 1.74. The molecule has 2 fully saturated rings. The molecule has 1 aromatic rings. The maximum absolute atomic E-state index is 5.19. The van der Waals surface area contributed by atoms with Crippen molar-refractivity contribution in [1.29, 1.82) is 0 Å². The lowest BCUT2D eigenvalue weighted by atomic mass is 9.94. The van der Waals surface area contributed by atoms with E-state index in [4.69, 9.17) is 4.52 Å². The third-order valence-corrected chi connectivity index (χ3v) is 3.39. The van der Waals surface area contributed by atoms with Crippen LogP contribution in [0.25, 0.3) is 0 Å². The number of rotatable bonds is 1. The van der Waals surface area contributed by atoms with E-state index in [0.717, 1.165) is 25.6 Å². The summed E-state index contributed by atoms with van der Waals surface area (Å²) in [5.41, 5.74) is 0.